The van der Waals surface area contributed by atoms with Gasteiger partial charge in [-0.25, -0.2) is 0 Å². The highest BCUT2D eigenvalue weighted by atomic mass is 16.2. The zero-order valence-corrected chi connectivity index (χ0v) is 9.49. The van der Waals surface area contributed by atoms with Gasteiger partial charge < -0.3 is 10.6 Å². The Hall–Kier alpha value is -2.17. The second-order valence-corrected chi connectivity index (χ2v) is 3.74. The molecule has 0 spiro atoms. The molecule has 1 amide bonds. The first-order chi connectivity index (χ1) is 8.16. The van der Waals surface area contributed by atoms with Crippen LogP contribution in [0.3, 0.4) is 0 Å². The molecule has 0 saturated carbocycles. The molecule has 0 unspecified atom stereocenters. The number of amidine groups is 1. The molecule has 0 fully saturated rings. The van der Waals surface area contributed by atoms with Crippen LogP contribution in [0.1, 0.15) is 12.5 Å². The van der Waals surface area contributed by atoms with E-state index in [1.807, 2.05) is 12.1 Å². The maximum atomic E-state index is 11.2. The minimum absolute atomic E-state index is 0.504. The van der Waals surface area contributed by atoms with Gasteiger partial charge in [-0.3, -0.25) is 14.6 Å². The predicted octanol–water partition coefficient (Wildman–Crippen LogP) is 0.564. The van der Waals surface area contributed by atoms with Crippen LogP contribution in [0.25, 0.3) is 0 Å². The number of rotatable bonds is 3. The lowest BCUT2D eigenvalue weighted by molar-refractivity contribution is -0.133. The highest BCUT2D eigenvalue weighted by molar-refractivity contribution is 6.39. The first kappa shape index (κ1) is 11.3. The van der Waals surface area contributed by atoms with Crippen molar-refractivity contribution in [2.45, 2.75) is 6.92 Å². The molecule has 0 radical (unpaired) electrons. The van der Waals surface area contributed by atoms with Gasteiger partial charge in [0.05, 0.1) is 6.54 Å². The number of amides is 1. The third-order valence-corrected chi connectivity index (χ3v) is 2.41. The molecule has 1 aliphatic rings. The van der Waals surface area contributed by atoms with Crippen molar-refractivity contribution in [3.8, 4) is 0 Å². The molecule has 1 aromatic carbocycles. The van der Waals surface area contributed by atoms with Gasteiger partial charge in [0.1, 0.15) is 5.84 Å². The molecular formula is C12H13N3O2. The van der Waals surface area contributed by atoms with Gasteiger partial charge in [-0.15, -0.1) is 0 Å². The molecule has 17 heavy (non-hydrogen) atoms. The molecule has 0 aromatic heterocycles. The van der Waals surface area contributed by atoms with E-state index in [1.54, 1.807) is 12.1 Å². The fourth-order valence-corrected chi connectivity index (χ4v) is 1.52. The van der Waals surface area contributed by atoms with Crippen LogP contribution in [0.15, 0.2) is 29.3 Å². The van der Waals surface area contributed by atoms with Crippen LogP contribution in [0.5, 0.6) is 0 Å². The Morgan fingerprint density at radius 2 is 2.00 bits per heavy atom. The summed E-state index contributed by atoms with van der Waals surface area (Å²) in [5.74, 6) is -0.237. The maximum absolute atomic E-state index is 11.2. The van der Waals surface area contributed by atoms with Gasteiger partial charge in [0.2, 0.25) is 5.78 Å². The second kappa shape index (κ2) is 4.78. The summed E-state index contributed by atoms with van der Waals surface area (Å²) in [6.07, 6.45) is 0. The summed E-state index contributed by atoms with van der Waals surface area (Å²) in [6.45, 7) is 2.89. The lowest BCUT2D eigenvalue weighted by Crippen LogP contribution is -2.20. The zero-order valence-electron chi connectivity index (χ0n) is 9.49. The van der Waals surface area contributed by atoms with Crippen LogP contribution in [-0.4, -0.2) is 30.6 Å². The van der Waals surface area contributed by atoms with Gasteiger partial charge in [-0.05, 0) is 24.3 Å². The maximum Gasteiger partial charge on any atom is 0.291 e. The van der Waals surface area contributed by atoms with Crippen molar-refractivity contribution in [3.05, 3.63) is 29.8 Å². The van der Waals surface area contributed by atoms with E-state index in [-0.39, 0.29) is 0 Å². The van der Waals surface area contributed by atoms with Crippen molar-refractivity contribution in [1.82, 2.24) is 5.32 Å². The van der Waals surface area contributed by atoms with Crippen LogP contribution in [-0.2, 0) is 9.59 Å². The van der Waals surface area contributed by atoms with Gasteiger partial charge in [0, 0.05) is 24.7 Å². The molecule has 1 aliphatic heterocycles. The van der Waals surface area contributed by atoms with Gasteiger partial charge in [-0.1, -0.05) is 0 Å². The Morgan fingerprint density at radius 1 is 1.29 bits per heavy atom. The third-order valence-electron chi connectivity index (χ3n) is 2.41. The van der Waals surface area contributed by atoms with Crippen molar-refractivity contribution in [1.29, 1.82) is 0 Å². The summed E-state index contributed by atoms with van der Waals surface area (Å²) in [5.41, 5.74) is 1.58. The zero-order chi connectivity index (χ0) is 12.3. The van der Waals surface area contributed by atoms with E-state index in [0.29, 0.717) is 5.69 Å². The molecule has 0 atom stereocenters. The van der Waals surface area contributed by atoms with E-state index in [1.165, 1.54) is 6.92 Å². The van der Waals surface area contributed by atoms with E-state index < -0.39 is 11.7 Å². The molecule has 0 bridgehead atoms. The van der Waals surface area contributed by atoms with Crippen LogP contribution < -0.4 is 10.6 Å². The number of nitrogens with zero attached hydrogens (tertiary/aromatic N) is 1. The summed E-state index contributed by atoms with van der Waals surface area (Å²) in [4.78, 5) is 26.2. The number of carbonyl (C=O) groups excluding carboxylic acids is 2. The number of carbonyl (C=O) groups is 2. The number of ketones is 1. The lowest BCUT2D eigenvalue weighted by Gasteiger charge is -2.05. The smallest absolute Gasteiger partial charge is 0.291 e. The van der Waals surface area contributed by atoms with Crippen molar-refractivity contribution in [3.63, 3.8) is 0 Å². The topological polar surface area (TPSA) is 70.6 Å². The van der Waals surface area contributed by atoms with Crippen LogP contribution in [0, 0.1) is 0 Å². The largest absolute Gasteiger partial charge is 0.368 e. The SMILES string of the molecule is CC(=O)C(=O)Nc1ccc(C2=NCCN2)cc1. The minimum atomic E-state index is -0.603. The van der Waals surface area contributed by atoms with E-state index in [4.69, 9.17) is 0 Å². The quantitative estimate of drug-likeness (QED) is 0.747. The predicted molar refractivity (Wildman–Crippen MR) is 65.2 cm³/mol. The average molecular weight is 231 g/mol. The molecule has 2 rings (SSSR count). The van der Waals surface area contributed by atoms with Crippen molar-refractivity contribution in [2.75, 3.05) is 18.4 Å². The first-order valence-corrected chi connectivity index (χ1v) is 5.37. The van der Waals surface area contributed by atoms with Crippen LogP contribution in [0.2, 0.25) is 0 Å². The summed E-state index contributed by atoms with van der Waals surface area (Å²) in [6, 6.07) is 7.21. The van der Waals surface area contributed by atoms with Crippen LogP contribution >= 0.6 is 0 Å². The molecule has 0 saturated heterocycles. The summed E-state index contributed by atoms with van der Waals surface area (Å²) in [5, 5.41) is 5.67. The summed E-state index contributed by atoms with van der Waals surface area (Å²) >= 11 is 0. The Balaban J connectivity index is 2.08. The van der Waals surface area contributed by atoms with Gasteiger partial charge in [0.15, 0.2) is 0 Å². The highest BCUT2D eigenvalue weighted by Gasteiger charge is 2.09. The standard InChI is InChI=1S/C12H13N3O2/c1-8(16)12(17)15-10-4-2-9(3-5-10)11-13-6-7-14-11/h2-5H,6-7H2,1H3,(H,13,14)(H,15,17). The number of nitrogens with one attached hydrogen (secondary N) is 2. The molecule has 0 aliphatic carbocycles. The Labute approximate surface area is 98.9 Å². The molecule has 5 nitrogen and oxygen atoms in total. The number of hydrogen-bond acceptors (Lipinski definition) is 4. The number of benzene rings is 1. The van der Waals surface area contributed by atoms with Gasteiger partial charge in [0.25, 0.3) is 5.91 Å². The fourth-order valence-electron chi connectivity index (χ4n) is 1.52. The van der Waals surface area contributed by atoms with Crippen molar-refractivity contribution >= 4 is 23.2 Å². The van der Waals surface area contributed by atoms with Crippen molar-refractivity contribution < 1.29 is 9.59 Å². The normalized spacial score (nSPS) is 13.8. The van der Waals surface area contributed by atoms with Gasteiger partial charge in [-0.2, -0.15) is 0 Å². The first-order valence-electron chi connectivity index (χ1n) is 5.37. The fraction of sp³-hybridized carbons (Fsp3) is 0.250. The summed E-state index contributed by atoms with van der Waals surface area (Å²) in [7, 11) is 0. The van der Waals surface area contributed by atoms with E-state index >= 15 is 0 Å². The Morgan fingerprint density at radius 3 is 2.53 bits per heavy atom. The number of hydrogen-bond donors (Lipinski definition) is 2. The minimum Gasteiger partial charge on any atom is -0.368 e. The Bertz CT molecular complexity index is 477. The number of Topliss-reactive ketones (excluding diaryl/α,β-unsaturated/α-hetero) is 1. The number of anilines is 1. The molecule has 5 heteroatoms. The van der Waals surface area contributed by atoms with E-state index in [0.717, 1.165) is 24.5 Å². The van der Waals surface area contributed by atoms with Crippen LogP contribution in [0.4, 0.5) is 5.69 Å². The summed E-state index contributed by atoms with van der Waals surface area (Å²) < 4.78 is 0. The van der Waals surface area contributed by atoms with Crippen molar-refractivity contribution in [2.24, 2.45) is 4.99 Å². The Kier molecular flexibility index (Phi) is 3.18. The average Bonchev–Trinajstić information content (AvgIpc) is 2.83. The number of aliphatic imine (C=N–C) groups is 1. The lowest BCUT2D eigenvalue weighted by atomic mass is 10.2. The highest BCUT2D eigenvalue weighted by Crippen LogP contribution is 2.10. The second-order valence-electron chi connectivity index (χ2n) is 3.74. The third kappa shape index (κ3) is 2.69. The van der Waals surface area contributed by atoms with E-state index in [9.17, 15) is 9.59 Å². The van der Waals surface area contributed by atoms with Gasteiger partial charge >= 0.3 is 0 Å². The molecule has 1 aromatic rings. The molecule has 88 valence electrons. The van der Waals surface area contributed by atoms with E-state index in [2.05, 4.69) is 15.6 Å². The molecule has 1 heterocycles. The molecular weight excluding hydrogens is 218 g/mol. The molecule has 2 N–H and O–H groups in total. The monoisotopic (exact) mass is 231 g/mol.